The molecule has 0 radical (unpaired) electrons. The van der Waals surface area contributed by atoms with Gasteiger partial charge in [0.25, 0.3) is 0 Å². The molecule has 1 unspecified atom stereocenters. The van der Waals surface area contributed by atoms with Crippen molar-refractivity contribution in [3.05, 3.63) is 120 Å². The Morgan fingerprint density at radius 2 is 1.71 bits per heavy atom. The van der Waals surface area contributed by atoms with Gasteiger partial charge in [-0.2, -0.15) is 0 Å². The van der Waals surface area contributed by atoms with E-state index in [1.165, 1.54) is 47.7 Å². The lowest BCUT2D eigenvalue weighted by Crippen LogP contribution is -2.33. The highest BCUT2D eigenvalue weighted by molar-refractivity contribution is 5.68. The smallest absolute Gasteiger partial charge is 0.0522 e. The third-order valence-electron chi connectivity index (χ3n) is 6.62. The zero-order valence-electron chi connectivity index (χ0n) is 21.4. The molecule has 1 atom stereocenters. The van der Waals surface area contributed by atoms with Gasteiger partial charge in [-0.05, 0) is 99.9 Å². The second kappa shape index (κ2) is 13.0. The average Bonchev–Trinajstić information content (AvgIpc) is 3.19. The maximum atomic E-state index is 2.51. The molecule has 182 valence electrons. The number of hydrogen-bond donors (Lipinski definition) is 0. The van der Waals surface area contributed by atoms with Crippen LogP contribution in [0.25, 0.3) is 0 Å². The summed E-state index contributed by atoms with van der Waals surface area (Å²) < 4.78 is 0. The third-order valence-corrected chi connectivity index (χ3v) is 6.62. The van der Waals surface area contributed by atoms with Crippen LogP contribution < -0.4 is 9.80 Å². The standard InChI is InChI=1S/C33H40N2/c1-3-5-17-28(16-4-2)34(29-20-12-8-13-21-29)32-24-26-33(27-25-32)35(31-22-14-9-15-23-31)30-18-10-6-7-11-19-30/h5-6,10-12,14,16-22,24-27,31H,3-4,7-9,13,15,23H2,1-2H3/b17-5-,28-16+. The molecular formula is C33H40N2. The molecule has 0 saturated carbocycles. The molecule has 1 aromatic rings. The molecule has 0 heterocycles. The van der Waals surface area contributed by atoms with Crippen molar-refractivity contribution in [1.82, 2.24) is 0 Å². The van der Waals surface area contributed by atoms with Crippen LogP contribution >= 0.6 is 0 Å². The molecule has 2 nitrogen and oxygen atoms in total. The van der Waals surface area contributed by atoms with E-state index in [0.29, 0.717) is 6.04 Å². The van der Waals surface area contributed by atoms with Gasteiger partial charge in [0.15, 0.2) is 0 Å². The average molecular weight is 465 g/mol. The molecule has 3 aliphatic rings. The molecular weight excluding hydrogens is 424 g/mol. The van der Waals surface area contributed by atoms with E-state index < -0.39 is 0 Å². The zero-order chi connectivity index (χ0) is 24.3. The molecule has 3 aliphatic carbocycles. The van der Waals surface area contributed by atoms with Crippen LogP contribution in [0.1, 0.15) is 65.2 Å². The summed E-state index contributed by atoms with van der Waals surface area (Å²) in [5, 5.41) is 0. The first kappa shape index (κ1) is 24.9. The van der Waals surface area contributed by atoms with Gasteiger partial charge < -0.3 is 9.80 Å². The zero-order valence-corrected chi connectivity index (χ0v) is 21.4. The summed E-state index contributed by atoms with van der Waals surface area (Å²) in [5.41, 5.74) is 6.21. The van der Waals surface area contributed by atoms with Crippen LogP contribution in [0.5, 0.6) is 0 Å². The van der Waals surface area contributed by atoms with E-state index in [0.717, 1.165) is 32.1 Å². The topological polar surface area (TPSA) is 6.48 Å². The Labute approximate surface area is 212 Å². The van der Waals surface area contributed by atoms with Crippen molar-refractivity contribution in [3.63, 3.8) is 0 Å². The summed E-state index contributed by atoms with van der Waals surface area (Å²) in [4.78, 5) is 4.92. The van der Waals surface area contributed by atoms with Gasteiger partial charge in [0.2, 0.25) is 0 Å². The molecule has 0 amide bonds. The van der Waals surface area contributed by atoms with Crippen LogP contribution in [0.2, 0.25) is 0 Å². The van der Waals surface area contributed by atoms with Crippen molar-refractivity contribution in [2.75, 3.05) is 9.80 Å². The SMILES string of the molecule is CC/C=C\C(=C/CC)N(C1=CCCC=C1)c1ccc(N(C2=CC=CCC=C2)C2C=CCCC2)cc1. The van der Waals surface area contributed by atoms with Crippen molar-refractivity contribution in [2.24, 2.45) is 0 Å². The van der Waals surface area contributed by atoms with Crippen molar-refractivity contribution < 1.29 is 0 Å². The predicted molar refractivity (Wildman–Crippen MR) is 153 cm³/mol. The Morgan fingerprint density at radius 1 is 0.886 bits per heavy atom. The van der Waals surface area contributed by atoms with Gasteiger partial charge in [0.05, 0.1) is 6.04 Å². The van der Waals surface area contributed by atoms with Gasteiger partial charge in [0, 0.05) is 28.5 Å². The first-order valence-electron chi connectivity index (χ1n) is 13.4. The third kappa shape index (κ3) is 6.45. The Hall–Kier alpha value is -3.26. The number of benzene rings is 1. The molecule has 0 aromatic heterocycles. The largest absolute Gasteiger partial charge is 0.335 e. The lowest BCUT2D eigenvalue weighted by atomic mass is 9.99. The van der Waals surface area contributed by atoms with E-state index in [9.17, 15) is 0 Å². The summed E-state index contributed by atoms with van der Waals surface area (Å²) in [5.74, 6) is 0. The lowest BCUT2D eigenvalue weighted by molar-refractivity contribution is 0.621. The van der Waals surface area contributed by atoms with Crippen molar-refractivity contribution in [1.29, 1.82) is 0 Å². The van der Waals surface area contributed by atoms with Gasteiger partial charge >= 0.3 is 0 Å². The molecule has 0 fully saturated rings. The van der Waals surface area contributed by atoms with Crippen LogP contribution in [0.15, 0.2) is 120 Å². The predicted octanol–water partition coefficient (Wildman–Crippen LogP) is 9.30. The Balaban J connectivity index is 1.72. The second-order valence-corrected chi connectivity index (χ2v) is 9.26. The summed E-state index contributed by atoms with van der Waals surface area (Å²) >= 11 is 0. The number of hydrogen-bond acceptors (Lipinski definition) is 2. The molecule has 0 spiro atoms. The Bertz CT molecular complexity index is 1070. The number of rotatable bonds is 9. The molecule has 0 saturated heterocycles. The number of nitrogens with zero attached hydrogens (tertiary/aromatic N) is 2. The lowest BCUT2D eigenvalue weighted by Gasteiger charge is -2.35. The van der Waals surface area contributed by atoms with E-state index >= 15 is 0 Å². The van der Waals surface area contributed by atoms with Gasteiger partial charge in [-0.3, -0.25) is 0 Å². The highest BCUT2D eigenvalue weighted by Gasteiger charge is 2.22. The fourth-order valence-electron chi connectivity index (χ4n) is 4.93. The first-order chi connectivity index (χ1) is 17.3. The van der Waals surface area contributed by atoms with Gasteiger partial charge in [0.1, 0.15) is 0 Å². The quantitative estimate of drug-likeness (QED) is 0.265. The molecule has 0 aliphatic heterocycles. The minimum absolute atomic E-state index is 0.389. The Kier molecular flexibility index (Phi) is 9.23. The van der Waals surface area contributed by atoms with E-state index in [1.807, 2.05) is 0 Å². The fourth-order valence-corrected chi connectivity index (χ4v) is 4.93. The second-order valence-electron chi connectivity index (χ2n) is 9.26. The fraction of sp³-hybridized carbons (Fsp3) is 0.333. The maximum Gasteiger partial charge on any atom is 0.0522 e. The van der Waals surface area contributed by atoms with Gasteiger partial charge in [-0.25, -0.2) is 0 Å². The van der Waals surface area contributed by atoms with Crippen LogP contribution in [-0.4, -0.2) is 6.04 Å². The normalized spacial score (nSPS) is 20.1. The summed E-state index contributed by atoms with van der Waals surface area (Å²) in [6.07, 6.45) is 38.6. The van der Waals surface area contributed by atoms with Crippen molar-refractivity contribution in [2.45, 2.75) is 71.3 Å². The molecule has 2 heteroatoms. The molecule has 4 rings (SSSR count). The summed E-state index contributed by atoms with van der Waals surface area (Å²) in [6.45, 7) is 4.41. The van der Waals surface area contributed by atoms with E-state index in [1.54, 1.807) is 0 Å². The van der Waals surface area contributed by atoms with Crippen LogP contribution in [0.4, 0.5) is 11.4 Å². The van der Waals surface area contributed by atoms with Gasteiger partial charge in [-0.1, -0.05) is 68.5 Å². The van der Waals surface area contributed by atoms with Crippen molar-refractivity contribution >= 4 is 11.4 Å². The van der Waals surface area contributed by atoms with Crippen LogP contribution in [0, 0.1) is 0 Å². The van der Waals surface area contributed by atoms with Gasteiger partial charge in [-0.15, -0.1) is 0 Å². The molecule has 35 heavy (non-hydrogen) atoms. The number of allylic oxidation sites excluding steroid dienone is 12. The summed E-state index contributed by atoms with van der Waals surface area (Å²) in [7, 11) is 0. The highest BCUT2D eigenvalue weighted by atomic mass is 15.2. The number of anilines is 2. The molecule has 1 aromatic carbocycles. The van der Waals surface area contributed by atoms with E-state index in [-0.39, 0.29) is 0 Å². The van der Waals surface area contributed by atoms with Crippen LogP contribution in [-0.2, 0) is 0 Å². The minimum atomic E-state index is 0.389. The van der Waals surface area contributed by atoms with Crippen molar-refractivity contribution in [3.8, 4) is 0 Å². The van der Waals surface area contributed by atoms with E-state index in [2.05, 4.69) is 127 Å². The first-order valence-corrected chi connectivity index (χ1v) is 13.4. The van der Waals surface area contributed by atoms with E-state index in [4.69, 9.17) is 0 Å². The highest BCUT2D eigenvalue weighted by Crippen LogP contribution is 2.34. The minimum Gasteiger partial charge on any atom is -0.335 e. The maximum absolute atomic E-state index is 2.51. The molecule has 0 bridgehead atoms. The summed E-state index contributed by atoms with van der Waals surface area (Å²) in [6, 6.07) is 9.57. The Morgan fingerprint density at radius 3 is 2.43 bits per heavy atom. The molecule has 0 N–H and O–H groups in total. The van der Waals surface area contributed by atoms with Crippen LogP contribution in [0.3, 0.4) is 0 Å². The monoisotopic (exact) mass is 464 g/mol.